The molecule has 18 heavy (non-hydrogen) atoms. The molecule has 1 aliphatic rings. The van der Waals surface area contributed by atoms with Crippen LogP contribution in [0.15, 0.2) is 0 Å². The van der Waals surface area contributed by atoms with Crippen LogP contribution in [0.4, 0.5) is 5.82 Å². The van der Waals surface area contributed by atoms with Crippen molar-refractivity contribution in [3.8, 4) is 5.88 Å². The monoisotopic (exact) mass is 271 g/mol. The molecule has 0 spiro atoms. The lowest BCUT2D eigenvalue weighted by molar-refractivity contribution is -0.150. The van der Waals surface area contributed by atoms with Crippen molar-refractivity contribution in [3.63, 3.8) is 0 Å². The van der Waals surface area contributed by atoms with E-state index in [0.29, 0.717) is 12.5 Å². The van der Waals surface area contributed by atoms with Crippen LogP contribution in [0.1, 0.15) is 26.7 Å². The van der Waals surface area contributed by atoms with Gasteiger partial charge in [0, 0.05) is 13.1 Å². The van der Waals surface area contributed by atoms with E-state index in [-0.39, 0.29) is 5.97 Å². The number of anilines is 1. The molecular weight excluding hydrogens is 254 g/mol. The summed E-state index contributed by atoms with van der Waals surface area (Å²) in [5.41, 5.74) is 0. The summed E-state index contributed by atoms with van der Waals surface area (Å²) in [5.74, 6) is 0.800. The second kappa shape index (κ2) is 5.99. The van der Waals surface area contributed by atoms with Crippen LogP contribution in [-0.2, 0) is 9.53 Å². The Kier molecular flexibility index (Phi) is 4.35. The molecule has 2 rings (SSSR count). The molecule has 0 amide bonds. The van der Waals surface area contributed by atoms with Crippen LogP contribution >= 0.6 is 11.7 Å². The third-order valence-electron chi connectivity index (χ3n) is 2.75. The van der Waals surface area contributed by atoms with Crippen molar-refractivity contribution in [2.75, 3.05) is 24.6 Å². The highest BCUT2D eigenvalue weighted by Gasteiger charge is 2.24. The summed E-state index contributed by atoms with van der Waals surface area (Å²) in [5, 5.41) is 0. The molecule has 1 aromatic rings. The largest absolute Gasteiger partial charge is 0.463 e. The van der Waals surface area contributed by atoms with E-state index in [1.165, 1.54) is 0 Å². The van der Waals surface area contributed by atoms with Gasteiger partial charge in [-0.25, -0.2) is 4.79 Å². The van der Waals surface area contributed by atoms with Gasteiger partial charge < -0.3 is 14.4 Å². The first-order valence-corrected chi connectivity index (χ1v) is 6.86. The van der Waals surface area contributed by atoms with Crippen LogP contribution in [-0.4, -0.2) is 40.5 Å². The van der Waals surface area contributed by atoms with Crippen molar-refractivity contribution in [2.45, 2.75) is 32.8 Å². The Hall–Kier alpha value is -1.37. The maximum atomic E-state index is 11.5. The average molecular weight is 271 g/mol. The van der Waals surface area contributed by atoms with Gasteiger partial charge in [0.1, 0.15) is 0 Å². The molecule has 100 valence electrons. The fraction of sp³-hybridized carbons (Fsp3) is 0.727. The molecule has 0 bridgehead atoms. The molecule has 1 atom stereocenters. The first-order valence-electron chi connectivity index (χ1n) is 6.13. The summed E-state index contributed by atoms with van der Waals surface area (Å²) in [4.78, 5) is 13.6. The number of ether oxygens (including phenoxy) is 2. The number of aromatic nitrogens is 2. The lowest BCUT2D eigenvalue weighted by Gasteiger charge is -2.17. The predicted molar refractivity (Wildman–Crippen MR) is 68.1 cm³/mol. The van der Waals surface area contributed by atoms with Crippen molar-refractivity contribution in [2.24, 2.45) is 0 Å². The van der Waals surface area contributed by atoms with Crippen LogP contribution in [0.2, 0.25) is 0 Å². The van der Waals surface area contributed by atoms with E-state index in [1.807, 2.05) is 0 Å². The lowest BCUT2D eigenvalue weighted by Crippen LogP contribution is -2.27. The number of nitrogens with zero attached hydrogens (tertiary/aromatic N) is 3. The van der Waals surface area contributed by atoms with E-state index >= 15 is 0 Å². The molecule has 1 saturated heterocycles. The Labute approximate surface area is 110 Å². The highest BCUT2D eigenvalue weighted by molar-refractivity contribution is 6.99. The maximum absolute atomic E-state index is 11.5. The third-order valence-corrected chi connectivity index (χ3v) is 3.26. The quantitative estimate of drug-likeness (QED) is 0.756. The Morgan fingerprint density at radius 1 is 1.44 bits per heavy atom. The highest BCUT2D eigenvalue weighted by atomic mass is 32.1. The second-order valence-corrected chi connectivity index (χ2v) is 4.63. The van der Waals surface area contributed by atoms with E-state index in [2.05, 4.69) is 13.6 Å². The number of hydrogen-bond acceptors (Lipinski definition) is 7. The van der Waals surface area contributed by atoms with Crippen LogP contribution in [0, 0.1) is 0 Å². The zero-order valence-electron chi connectivity index (χ0n) is 10.6. The van der Waals surface area contributed by atoms with Gasteiger partial charge in [-0.3, -0.25) is 0 Å². The molecular formula is C11H17N3O3S. The minimum Gasteiger partial charge on any atom is -0.463 e. The first-order chi connectivity index (χ1) is 8.72. The van der Waals surface area contributed by atoms with Gasteiger partial charge in [-0.2, -0.15) is 4.37 Å². The minimum absolute atomic E-state index is 0.348. The number of hydrogen-bond donors (Lipinski definition) is 0. The van der Waals surface area contributed by atoms with Gasteiger partial charge in [0.2, 0.25) is 5.82 Å². The van der Waals surface area contributed by atoms with E-state index in [0.717, 1.165) is 43.5 Å². The van der Waals surface area contributed by atoms with Crippen molar-refractivity contribution < 1.29 is 14.3 Å². The molecule has 2 heterocycles. The summed E-state index contributed by atoms with van der Waals surface area (Å²) < 4.78 is 18.8. The van der Waals surface area contributed by atoms with Crippen LogP contribution in [0.25, 0.3) is 0 Å². The third kappa shape index (κ3) is 2.90. The zero-order valence-corrected chi connectivity index (χ0v) is 11.4. The molecule has 6 nitrogen and oxygen atoms in total. The summed E-state index contributed by atoms with van der Waals surface area (Å²) >= 11 is 1.10. The molecule has 0 N–H and O–H groups in total. The Morgan fingerprint density at radius 2 is 2.17 bits per heavy atom. The van der Waals surface area contributed by atoms with Crippen LogP contribution in [0.5, 0.6) is 5.88 Å². The Morgan fingerprint density at radius 3 is 2.83 bits per heavy atom. The highest BCUT2D eigenvalue weighted by Crippen LogP contribution is 2.29. The number of rotatable bonds is 5. The molecule has 7 heteroatoms. The summed E-state index contributed by atoms with van der Waals surface area (Å²) in [6.45, 7) is 5.71. The predicted octanol–water partition coefficient (Wildman–Crippen LogP) is 1.47. The molecule has 1 aliphatic heterocycles. The van der Waals surface area contributed by atoms with E-state index < -0.39 is 6.10 Å². The van der Waals surface area contributed by atoms with E-state index in [4.69, 9.17) is 9.47 Å². The van der Waals surface area contributed by atoms with Gasteiger partial charge in [0.05, 0.1) is 18.3 Å². The molecule has 0 aromatic carbocycles. The van der Waals surface area contributed by atoms with Gasteiger partial charge in [-0.05, 0) is 26.7 Å². The fourth-order valence-corrected chi connectivity index (χ4v) is 2.36. The van der Waals surface area contributed by atoms with Crippen molar-refractivity contribution >= 4 is 23.5 Å². The molecule has 1 fully saturated rings. The SMILES string of the molecule is CCOC(=O)C(C)Oc1nsnc1N1CCCC1. The molecule has 0 aliphatic carbocycles. The van der Waals surface area contributed by atoms with Gasteiger partial charge >= 0.3 is 5.97 Å². The summed E-state index contributed by atoms with van der Waals surface area (Å²) in [6, 6.07) is 0. The van der Waals surface area contributed by atoms with E-state index in [9.17, 15) is 4.79 Å². The Bertz CT molecular complexity index is 404. The fourth-order valence-electron chi connectivity index (χ4n) is 1.85. The van der Waals surface area contributed by atoms with Gasteiger partial charge in [-0.1, -0.05) is 0 Å². The molecule has 0 radical (unpaired) electrons. The van der Waals surface area contributed by atoms with Crippen LogP contribution < -0.4 is 9.64 Å². The Balaban J connectivity index is 2.00. The number of carbonyl (C=O) groups is 1. The summed E-state index contributed by atoms with van der Waals surface area (Å²) in [6.07, 6.45) is 1.66. The molecule has 1 aromatic heterocycles. The normalized spacial score (nSPS) is 16.7. The van der Waals surface area contributed by atoms with Crippen molar-refractivity contribution in [1.29, 1.82) is 0 Å². The lowest BCUT2D eigenvalue weighted by atomic mass is 10.4. The number of esters is 1. The topological polar surface area (TPSA) is 64.5 Å². The van der Waals surface area contributed by atoms with Gasteiger partial charge in [0.25, 0.3) is 5.88 Å². The second-order valence-electron chi connectivity index (χ2n) is 4.10. The maximum Gasteiger partial charge on any atom is 0.347 e. The standard InChI is InChI=1S/C11H17N3O3S/c1-3-16-11(15)8(2)17-10-9(12-18-13-10)14-6-4-5-7-14/h8H,3-7H2,1-2H3. The van der Waals surface area contributed by atoms with Gasteiger partial charge in [-0.15, -0.1) is 4.37 Å². The average Bonchev–Trinajstić information content (AvgIpc) is 2.98. The van der Waals surface area contributed by atoms with Crippen LogP contribution in [0.3, 0.4) is 0 Å². The summed E-state index contributed by atoms with van der Waals surface area (Å²) in [7, 11) is 0. The van der Waals surface area contributed by atoms with Gasteiger partial charge in [0.15, 0.2) is 6.10 Å². The first kappa shape index (κ1) is 13.1. The minimum atomic E-state index is -0.657. The van der Waals surface area contributed by atoms with E-state index in [1.54, 1.807) is 13.8 Å². The van der Waals surface area contributed by atoms with Crippen molar-refractivity contribution in [3.05, 3.63) is 0 Å². The zero-order chi connectivity index (χ0) is 13.0. The molecule has 0 saturated carbocycles. The molecule has 1 unspecified atom stereocenters. The number of carbonyl (C=O) groups excluding carboxylic acids is 1. The smallest absolute Gasteiger partial charge is 0.347 e. The van der Waals surface area contributed by atoms with Crippen molar-refractivity contribution in [1.82, 2.24) is 8.75 Å².